The molecule has 0 radical (unpaired) electrons. The zero-order chi connectivity index (χ0) is 16.7. The smallest absolute Gasteiger partial charge is 0.251 e. The van der Waals surface area contributed by atoms with E-state index in [1.807, 2.05) is 6.92 Å². The molecule has 0 unspecified atom stereocenters. The van der Waals surface area contributed by atoms with E-state index in [4.69, 9.17) is 28.5 Å². The van der Waals surface area contributed by atoms with E-state index >= 15 is 0 Å². The topological polar surface area (TPSA) is 134 Å². The lowest BCUT2D eigenvalue weighted by Crippen LogP contribution is -2.45. The van der Waals surface area contributed by atoms with Crippen molar-refractivity contribution in [3.8, 4) is 0 Å². The van der Waals surface area contributed by atoms with Gasteiger partial charge in [0.2, 0.25) is 5.91 Å². The Morgan fingerprint density at radius 2 is 2.05 bits per heavy atom. The van der Waals surface area contributed by atoms with E-state index in [1.165, 1.54) is 0 Å². The first-order valence-electron chi connectivity index (χ1n) is 6.75. The molecule has 1 atom stereocenters. The van der Waals surface area contributed by atoms with E-state index in [0.717, 1.165) is 5.56 Å². The standard InChI is InChI=1S/C14H20ClN5O2/c1-8-4-5-9(7-10(8)15)13(22)20-11(12(16)21)3-2-6-19-14(17)18/h4-5,7,11H,2-3,6H2,1H3,(H2,16,21)(H,20,22)(H4,17,18,19)/t11-/m0/s1. The minimum absolute atomic E-state index is 0.144. The van der Waals surface area contributed by atoms with Crippen LogP contribution in [0.1, 0.15) is 28.8 Å². The summed E-state index contributed by atoms with van der Waals surface area (Å²) in [5, 5.41) is 12.7. The molecular formula is C14H20ClN5O2. The average Bonchev–Trinajstić information content (AvgIpc) is 2.44. The second-order valence-corrected chi connectivity index (χ2v) is 5.28. The van der Waals surface area contributed by atoms with Crippen LogP contribution in [0.5, 0.6) is 0 Å². The van der Waals surface area contributed by atoms with Crippen molar-refractivity contribution in [1.29, 1.82) is 5.41 Å². The van der Waals surface area contributed by atoms with E-state index < -0.39 is 17.9 Å². The number of hydrogen-bond donors (Lipinski definition) is 5. The van der Waals surface area contributed by atoms with Crippen LogP contribution < -0.4 is 22.1 Å². The van der Waals surface area contributed by atoms with Crippen molar-refractivity contribution in [2.75, 3.05) is 6.54 Å². The maximum absolute atomic E-state index is 12.1. The van der Waals surface area contributed by atoms with Crippen LogP contribution in [0.15, 0.2) is 18.2 Å². The lowest BCUT2D eigenvalue weighted by molar-refractivity contribution is -0.120. The van der Waals surface area contributed by atoms with Crippen molar-refractivity contribution >= 4 is 29.4 Å². The van der Waals surface area contributed by atoms with Crippen molar-refractivity contribution in [1.82, 2.24) is 10.6 Å². The number of hydrogen-bond acceptors (Lipinski definition) is 3. The van der Waals surface area contributed by atoms with Gasteiger partial charge in [-0.2, -0.15) is 0 Å². The average molecular weight is 326 g/mol. The quantitative estimate of drug-likeness (QED) is 0.283. The molecule has 7 nitrogen and oxygen atoms in total. The molecule has 120 valence electrons. The third kappa shape index (κ3) is 5.61. The molecule has 8 heteroatoms. The molecule has 0 aliphatic carbocycles. The van der Waals surface area contributed by atoms with Crippen molar-refractivity contribution < 1.29 is 9.59 Å². The van der Waals surface area contributed by atoms with Crippen molar-refractivity contribution in [2.24, 2.45) is 11.5 Å². The van der Waals surface area contributed by atoms with Crippen LogP contribution in [0, 0.1) is 12.3 Å². The number of halogens is 1. The Kier molecular flexibility index (Phi) is 6.65. The fraction of sp³-hybridized carbons (Fsp3) is 0.357. The van der Waals surface area contributed by atoms with Crippen LogP contribution in [-0.4, -0.2) is 30.4 Å². The zero-order valence-corrected chi connectivity index (χ0v) is 13.0. The summed E-state index contributed by atoms with van der Waals surface area (Å²) in [6.45, 7) is 2.25. The van der Waals surface area contributed by atoms with E-state index in [2.05, 4.69) is 10.6 Å². The van der Waals surface area contributed by atoms with E-state index in [-0.39, 0.29) is 5.96 Å². The van der Waals surface area contributed by atoms with E-state index in [0.29, 0.717) is 30.0 Å². The third-order valence-corrected chi connectivity index (χ3v) is 3.48. The summed E-state index contributed by atoms with van der Waals surface area (Å²) in [6.07, 6.45) is 0.878. The monoisotopic (exact) mass is 325 g/mol. The van der Waals surface area contributed by atoms with Gasteiger partial charge in [0.15, 0.2) is 5.96 Å². The molecule has 1 rings (SSSR count). The third-order valence-electron chi connectivity index (χ3n) is 3.07. The Hall–Kier alpha value is -2.28. The van der Waals surface area contributed by atoms with Gasteiger partial charge >= 0.3 is 0 Å². The first-order chi connectivity index (χ1) is 10.3. The van der Waals surface area contributed by atoms with Gasteiger partial charge in [-0.3, -0.25) is 15.0 Å². The number of guanidine groups is 1. The Bertz CT molecular complexity index is 576. The first-order valence-corrected chi connectivity index (χ1v) is 7.13. The molecular weight excluding hydrogens is 306 g/mol. The molecule has 2 amide bonds. The lowest BCUT2D eigenvalue weighted by atomic mass is 10.1. The van der Waals surface area contributed by atoms with Crippen molar-refractivity contribution in [3.05, 3.63) is 34.3 Å². The number of primary amides is 1. The maximum atomic E-state index is 12.1. The van der Waals surface area contributed by atoms with Gasteiger partial charge in [0.05, 0.1) is 0 Å². The van der Waals surface area contributed by atoms with Gasteiger partial charge in [0.1, 0.15) is 6.04 Å². The highest BCUT2D eigenvalue weighted by atomic mass is 35.5. The fourth-order valence-electron chi connectivity index (χ4n) is 1.79. The highest BCUT2D eigenvalue weighted by Crippen LogP contribution is 2.16. The van der Waals surface area contributed by atoms with E-state index in [1.54, 1.807) is 18.2 Å². The second kappa shape index (κ2) is 8.23. The van der Waals surface area contributed by atoms with Crippen LogP contribution in [0.2, 0.25) is 5.02 Å². The van der Waals surface area contributed by atoms with E-state index in [9.17, 15) is 9.59 Å². The summed E-state index contributed by atoms with van der Waals surface area (Å²) in [5.74, 6) is -1.17. The summed E-state index contributed by atoms with van der Waals surface area (Å²) in [6, 6.07) is 4.11. The maximum Gasteiger partial charge on any atom is 0.251 e. The molecule has 7 N–H and O–H groups in total. The minimum atomic E-state index is -0.790. The molecule has 1 aromatic rings. The predicted octanol–water partition coefficient (Wildman–Crippen LogP) is 0.495. The van der Waals surface area contributed by atoms with Gasteiger partial charge in [0.25, 0.3) is 5.91 Å². The molecule has 0 fully saturated rings. The molecule has 0 aliphatic heterocycles. The lowest BCUT2D eigenvalue weighted by Gasteiger charge is -2.16. The Balaban J connectivity index is 2.61. The number of nitrogens with one attached hydrogen (secondary N) is 3. The summed E-state index contributed by atoms with van der Waals surface area (Å²) < 4.78 is 0. The molecule has 0 saturated heterocycles. The molecule has 0 heterocycles. The number of benzene rings is 1. The second-order valence-electron chi connectivity index (χ2n) is 4.88. The molecule has 0 aliphatic rings. The summed E-state index contributed by atoms with van der Waals surface area (Å²) in [7, 11) is 0. The highest BCUT2D eigenvalue weighted by molar-refractivity contribution is 6.31. The SMILES string of the molecule is Cc1ccc(C(=O)N[C@@H](CCCNC(=N)N)C(N)=O)cc1Cl. The van der Waals surface area contributed by atoms with Crippen LogP contribution in [0.25, 0.3) is 0 Å². The predicted molar refractivity (Wildman–Crippen MR) is 85.8 cm³/mol. The van der Waals surface area contributed by atoms with Gasteiger partial charge in [-0.15, -0.1) is 0 Å². The molecule has 0 saturated carbocycles. The number of nitrogens with two attached hydrogens (primary N) is 2. The number of carbonyl (C=O) groups excluding carboxylic acids is 2. The van der Waals surface area contributed by atoms with Gasteiger partial charge in [0, 0.05) is 17.1 Å². The largest absolute Gasteiger partial charge is 0.370 e. The molecule has 22 heavy (non-hydrogen) atoms. The Morgan fingerprint density at radius 1 is 1.36 bits per heavy atom. The number of rotatable bonds is 7. The summed E-state index contributed by atoms with van der Waals surface area (Å²) in [5.41, 5.74) is 11.7. The van der Waals surface area contributed by atoms with Gasteiger partial charge < -0.3 is 22.1 Å². The minimum Gasteiger partial charge on any atom is -0.370 e. The number of amides is 2. The summed E-state index contributed by atoms with van der Waals surface area (Å²) in [4.78, 5) is 23.5. The van der Waals surface area contributed by atoms with Crippen LogP contribution in [0.4, 0.5) is 0 Å². The van der Waals surface area contributed by atoms with Crippen LogP contribution in [0.3, 0.4) is 0 Å². The number of carbonyl (C=O) groups is 2. The molecule has 0 bridgehead atoms. The molecule has 1 aromatic carbocycles. The summed E-state index contributed by atoms with van der Waals surface area (Å²) >= 11 is 5.98. The molecule has 0 aromatic heterocycles. The number of aryl methyl sites for hydroxylation is 1. The van der Waals surface area contributed by atoms with Crippen LogP contribution >= 0.6 is 11.6 Å². The zero-order valence-electron chi connectivity index (χ0n) is 12.3. The first kappa shape index (κ1) is 17.8. The van der Waals surface area contributed by atoms with Gasteiger partial charge in [-0.25, -0.2) is 0 Å². The Morgan fingerprint density at radius 3 is 2.59 bits per heavy atom. The fourth-order valence-corrected chi connectivity index (χ4v) is 1.97. The molecule has 0 spiro atoms. The van der Waals surface area contributed by atoms with Crippen molar-refractivity contribution in [2.45, 2.75) is 25.8 Å². The highest BCUT2D eigenvalue weighted by Gasteiger charge is 2.18. The van der Waals surface area contributed by atoms with Gasteiger partial charge in [-0.1, -0.05) is 17.7 Å². The van der Waals surface area contributed by atoms with Crippen LogP contribution in [-0.2, 0) is 4.79 Å². The Labute approximate surface area is 133 Å². The normalized spacial score (nSPS) is 11.5. The van der Waals surface area contributed by atoms with Crippen molar-refractivity contribution in [3.63, 3.8) is 0 Å². The van der Waals surface area contributed by atoms with Gasteiger partial charge in [-0.05, 0) is 37.5 Å².